The molecule has 7 nitrogen and oxygen atoms in total. The van der Waals surface area contributed by atoms with E-state index in [0.29, 0.717) is 38.3 Å². The molecule has 1 aromatic carbocycles. The number of sulfone groups is 1. The van der Waals surface area contributed by atoms with E-state index < -0.39 is 15.7 Å². The molecule has 27 heavy (non-hydrogen) atoms. The van der Waals surface area contributed by atoms with Crippen LogP contribution in [0.15, 0.2) is 24.3 Å². The van der Waals surface area contributed by atoms with E-state index >= 15 is 0 Å². The number of nitrogens with one attached hydrogen (secondary N) is 2. The number of hydrogen-bond donors (Lipinski definition) is 2. The molecular weight excluding hydrogens is 373 g/mol. The summed E-state index contributed by atoms with van der Waals surface area (Å²) in [6, 6.07) is 5.76. The average molecular weight is 398 g/mol. The number of amides is 2. The maximum Gasteiger partial charge on any atom is 0.279 e. The van der Waals surface area contributed by atoms with E-state index in [1.807, 2.05) is 0 Å². The van der Waals surface area contributed by atoms with Gasteiger partial charge in [-0.25, -0.2) is 12.8 Å². The van der Waals surface area contributed by atoms with Crippen molar-refractivity contribution in [3.8, 4) is 0 Å². The summed E-state index contributed by atoms with van der Waals surface area (Å²) in [5, 5.41) is 2.68. The standard InChI is InChI=1S/C18H24FN3O4S/c19-15-2-1-3-16(11-15)20-17(23)12-21-5-7-22(8-6-21)18(24)10-14-4-9-27(25,26)13-14/h1-3,11,14H,4-10,12-13H2,(H,20,23)/p+1/t14-/m1/s1. The summed E-state index contributed by atoms with van der Waals surface area (Å²) < 4.78 is 36.2. The lowest BCUT2D eigenvalue weighted by Gasteiger charge is -2.32. The number of quaternary nitrogens is 1. The van der Waals surface area contributed by atoms with Crippen LogP contribution in [0.3, 0.4) is 0 Å². The van der Waals surface area contributed by atoms with Crippen LogP contribution in [0.25, 0.3) is 0 Å². The van der Waals surface area contributed by atoms with E-state index in [0.717, 1.165) is 4.90 Å². The minimum Gasteiger partial charge on any atom is -0.331 e. The summed E-state index contributed by atoms with van der Waals surface area (Å²) in [7, 11) is -2.97. The van der Waals surface area contributed by atoms with Gasteiger partial charge in [-0.15, -0.1) is 0 Å². The number of carbonyl (C=O) groups is 2. The van der Waals surface area contributed by atoms with Gasteiger partial charge in [0.15, 0.2) is 16.4 Å². The molecule has 148 valence electrons. The molecule has 2 heterocycles. The van der Waals surface area contributed by atoms with Crippen molar-refractivity contribution in [2.24, 2.45) is 5.92 Å². The van der Waals surface area contributed by atoms with Gasteiger partial charge in [-0.2, -0.15) is 0 Å². The molecule has 1 atom stereocenters. The number of halogens is 1. The lowest BCUT2D eigenvalue weighted by atomic mass is 10.0. The molecular formula is C18H25FN3O4S+. The quantitative estimate of drug-likeness (QED) is 0.688. The van der Waals surface area contributed by atoms with Crippen LogP contribution in [-0.4, -0.2) is 69.4 Å². The molecule has 0 saturated carbocycles. The second-order valence-electron chi connectivity index (χ2n) is 7.34. The number of nitrogens with zero attached hydrogens (tertiary/aromatic N) is 1. The minimum atomic E-state index is -2.97. The molecule has 0 radical (unpaired) electrons. The summed E-state index contributed by atoms with van der Waals surface area (Å²) in [5.74, 6) is -0.354. The van der Waals surface area contributed by atoms with E-state index in [1.165, 1.54) is 18.2 Å². The Bertz CT molecular complexity index is 807. The van der Waals surface area contributed by atoms with Crippen LogP contribution in [-0.2, 0) is 19.4 Å². The number of anilines is 1. The molecule has 9 heteroatoms. The Kier molecular flexibility index (Phi) is 6.11. The maximum absolute atomic E-state index is 13.2. The number of benzene rings is 1. The molecule has 1 aromatic rings. The zero-order valence-corrected chi connectivity index (χ0v) is 15.9. The van der Waals surface area contributed by atoms with Gasteiger partial charge in [0.2, 0.25) is 5.91 Å². The highest BCUT2D eigenvalue weighted by Crippen LogP contribution is 2.22. The van der Waals surface area contributed by atoms with Gasteiger partial charge >= 0.3 is 0 Å². The number of hydrogen-bond acceptors (Lipinski definition) is 4. The summed E-state index contributed by atoms with van der Waals surface area (Å²) >= 11 is 0. The Morgan fingerprint density at radius 2 is 2.00 bits per heavy atom. The van der Waals surface area contributed by atoms with E-state index in [-0.39, 0.29) is 42.2 Å². The van der Waals surface area contributed by atoms with Gasteiger partial charge < -0.3 is 15.1 Å². The zero-order chi connectivity index (χ0) is 19.4. The second kappa shape index (κ2) is 8.35. The lowest BCUT2D eigenvalue weighted by molar-refractivity contribution is -0.895. The third-order valence-electron chi connectivity index (χ3n) is 5.13. The van der Waals surface area contributed by atoms with Crippen molar-refractivity contribution in [2.75, 3.05) is 49.5 Å². The lowest BCUT2D eigenvalue weighted by Crippen LogP contribution is -3.15. The van der Waals surface area contributed by atoms with Crippen LogP contribution < -0.4 is 10.2 Å². The van der Waals surface area contributed by atoms with Crippen molar-refractivity contribution in [1.82, 2.24) is 4.90 Å². The topological polar surface area (TPSA) is 88.0 Å². The summed E-state index contributed by atoms with van der Waals surface area (Å²) in [6.45, 7) is 2.69. The fourth-order valence-electron chi connectivity index (χ4n) is 3.66. The average Bonchev–Trinajstić information content (AvgIpc) is 2.94. The molecule has 2 amide bonds. The molecule has 0 aliphatic carbocycles. The van der Waals surface area contributed by atoms with Crippen LogP contribution in [0.4, 0.5) is 10.1 Å². The van der Waals surface area contributed by atoms with Gasteiger partial charge in [0.1, 0.15) is 5.82 Å². The summed E-state index contributed by atoms with van der Waals surface area (Å²) in [5.41, 5.74) is 0.430. The monoisotopic (exact) mass is 398 g/mol. The van der Waals surface area contributed by atoms with E-state index in [4.69, 9.17) is 0 Å². The first-order valence-corrected chi connectivity index (χ1v) is 11.0. The molecule has 0 bridgehead atoms. The number of carbonyl (C=O) groups excluding carboxylic acids is 2. The van der Waals surface area contributed by atoms with Crippen LogP contribution in [0.2, 0.25) is 0 Å². The predicted molar refractivity (Wildman–Crippen MR) is 98.6 cm³/mol. The van der Waals surface area contributed by atoms with Crippen molar-refractivity contribution >= 4 is 27.3 Å². The van der Waals surface area contributed by atoms with Crippen molar-refractivity contribution < 1.29 is 27.3 Å². The van der Waals surface area contributed by atoms with Crippen LogP contribution >= 0.6 is 0 Å². The summed E-state index contributed by atoms with van der Waals surface area (Å²) in [6.07, 6.45) is 0.855. The molecule has 2 aliphatic rings. The Balaban J connectivity index is 1.40. The highest BCUT2D eigenvalue weighted by Gasteiger charge is 2.32. The SMILES string of the molecule is O=C(C[NH+]1CCN(C(=O)C[C@H]2CCS(=O)(=O)C2)CC1)Nc1cccc(F)c1. The molecule has 0 spiro atoms. The van der Waals surface area contributed by atoms with Gasteiger partial charge in [-0.1, -0.05) is 6.07 Å². The molecule has 0 aromatic heterocycles. The van der Waals surface area contributed by atoms with Gasteiger partial charge in [-0.05, 0) is 30.5 Å². The molecule has 3 rings (SSSR count). The molecule has 0 unspecified atom stereocenters. The Morgan fingerprint density at radius 1 is 1.26 bits per heavy atom. The molecule has 2 saturated heterocycles. The van der Waals surface area contributed by atoms with Crippen molar-refractivity contribution in [1.29, 1.82) is 0 Å². The third kappa shape index (κ3) is 5.74. The van der Waals surface area contributed by atoms with Gasteiger partial charge in [0, 0.05) is 12.1 Å². The van der Waals surface area contributed by atoms with Gasteiger partial charge in [-0.3, -0.25) is 9.59 Å². The zero-order valence-electron chi connectivity index (χ0n) is 15.1. The molecule has 2 fully saturated rings. The first kappa shape index (κ1) is 19.8. The highest BCUT2D eigenvalue weighted by molar-refractivity contribution is 7.91. The largest absolute Gasteiger partial charge is 0.331 e. The van der Waals surface area contributed by atoms with E-state index in [9.17, 15) is 22.4 Å². The molecule has 2 aliphatic heterocycles. The van der Waals surface area contributed by atoms with E-state index in [1.54, 1.807) is 11.0 Å². The smallest absolute Gasteiger partial charge is 0.279 e. The van der Waals surface area contributed by atoms with Crippen molar-refractivity contribution in [3.05, 3.63) is 30.1 Å². The first-order valence-electron chi connectivity index (χ1n) is 9.18. The second-order valence-corrected chi connectivity index (χ2v) is 9.57. The Morgan fingerprint density at radius 3 is 2.63 bits per heavy atom. The van der Waals surface area contributed by atoms with E-state index in [2.05, 4.69) is 5.32 Å². The fourth-order valence-corrected chi connectivity index (χ4v) is 5.52. The normalized spacial score (nSPS) is 22.6. The van der Waals surface area contributed by atoms with Crippen LogP contribution in [0.1, 0.15) is 12.8 Å². The Labute approximate surface area is 158 Å². The van der Waals surface area contributed by atoms with Crippen molar-refractivity contribution in [3.63, 3.8) is 0 Å². The number of rotatable bonds is 5. The third-order valence-corrected chi connectivity index (χ3v) is 6.97. The van der Waals surface area contributed by atoms with Crippen LogP contribution in [0.5, 0.6) is 0 Å². The predicted octanol–water partition coefficient (Wildman–Crippen LogP) is -0.684. The fraction of sp³-hybridized carbons (Fsp3) is 0.556. The van der Waals surface area contributed by atoms with Crippen LogP contribution in [0, 0.1) is 11.7 Å². The van der Waals surface area contributed by atoms with Gasteiger partial charge in [0.05, 0.1) is 37.7 Å². The number of piperazine rings is 1. The Hall–Kier alpha value is -2.00. The summed E-state index contributed by atoms with van der Waals surface area (Å²) in [4.78, 5) is 27.3. The maximum atomic E-state index is 13.2. The van der Waals surface area contributed by atoms with Crippen molar-refractivity contribution in [2.45, 2.75) is 12.8 Å². The highest BCUT2D eigenvalue weighted by atomic mass is 32.2. The molecule has 2 N–H and O–H groups in total. The van der Waals surface area contributed by atoms with Gasteiger partial charge in [0.25, 0.3) is 5.91 Å². The first-order chi connectivity index (χ1) is 12.8. The minimum absolute atomic E-state index is 0.000335.